The minimum atomic E-state index is -0.258. The molecule has 0 bridgehead atoms. The number of halogens is 2. The molecule has 27 heavy (non-hydrogen) atoms. The van der Waals surface area contributed by atoms with Crippen molar-refractivity contribution in [2.75, 3.05) is 18.5 Å². The third-order valence-corrected chi connectivity index (χ3v) is 4.72. The standard InChI is InChI=1S/C19H14BrClN4O2/c20-13-3-1-2-12(10-13)18(26)24-17-16(19-22-8-9-27-19)11-23-25(17)15-6-4-14(21)5-7-15/h1-7,10-11H,8-9H2,(H,24,26). The third kappa shape index (κ3) is 3.74. The Balaban J connectivity index is 1.75. The van der Waals surface area contributed by atoms with Crippen LogP contribution in [0.25, 0.3) is 5.69 Å². The van der Waals surface area contributed by atoms with Crippen LogP contribution in [0.3, 0.4) is 0 Å². The quantitative estimate of drug-likeness (QED) is 0.650. The van der Waals surface area contributed by atoms with Crippen LogP contribution in [0.1, 0.15) is 15.9 Å². The molecule has 4 rings (SSSR count). The first-order valence-electron chi connectivity index (χ1n) is 8.20. The Bertz CT molecular complexity index is 1030. The zero-order valence-electron chi connectivity index (χ0n) is 14.0. The Morgan fingerprint density at radius 3 is 2.74 bits per heavy atom. The van der Waals surface area contributed by atoms with Gasteiger partial charge < -0.3 is 10.1 Å². The number of carbonyl (C=O) groups is 1. The molecule has 0 saturated carbocycles. The Labute approximate surface area is 168 Å². The van der Waals surface area contributed by atoms with Gasteiger partial charge in [-0.05, 0) is 42.5 Å². The van der Waals surface area contributed by atoms with Crippen molar-refractivity contribution < 1.29 is 9.53 Å². The number of carbonyl (C=O) groups excluding carboxylic acids is 1. The highest BCUT2D eigenvalue weighted by Gasteiger charge is 2.22. The van der Waals surface area contributed by atoms with Gasteiger partial charge in [-0.2, -0.15) is 5.10 Å². The van der Waals surface area contributed by atoms with E-state index in [4.69, 9.17) is 16.3 Å². The molecule has 1 amide bonds. The molecule has 1 N–H and O–H groups in total. The van der Waals surface area contributed by atoms with Crippen molar-refractivity contribution in [2.45, 2.75) is 0 Å². The Morgan fingerprint density at radius 2 is 2.04 bits per heavy atom. The molecule has 0 aliphatic carbocycles. The molecular weight excluding hydrogens is 432 g/mol. The number of anilines is 1. The number of rotatable bonds is 4. The van der Waals surface area contributed by atoms with Crippen molar-refractivity contribution in [3.05, 3.63) is 75.4 Å². The van der Waals surface area contributed by atoms with E-state index in [2.05, 4.69) is 31.3 Å². The molecule has 2 heterocycles. The van der Waals surface area contributed by atoms with Gasteiger partial charge in [0.15, 0.2) is 0 Å². The Morgan fingerprint density at radius 1 is 1.22 bits per heavy atom. The number of hydrogen-bond acceptors (Lipinski definition) is 4. The van der Waals surface area contributed by atoms with E-state index < -0.39 is 0 Å². The molecule has 6 nitrogen and oxygen atoms in total. The second-order valence-corrected chi connectivity index (χ2v) is 7.15. The summed E-state index contributed by atoms with van der Waals surface area (Å²) in [7, 11) is 0. The number of aliphatic imine (C=N–C) groups is 1. The molecule has 0 spiro atoms. The minimum absolute atomic E-state index is 0.258. The number of nitrogens with one attached hydrogen (secondary N) is 1. The number of ether oxygens (including phenoxy) is 1. The highest BCUT2D eigenvalue weighted by molar-refractivity contribution is 9.10. The number of nitrogens with zero attached hydrogens (tertiary/aromatic N) is 3. The lowest BCUT2D eigenvalue weighted by atomic mass is 10.2. The second-order valence-electron chi connectivity index (χ2n) is 5.79. The van der Waals surface area contributed by atoms with E-state index in [1.807, 2.05) is 18.2 Å². The van der Waals surface area contributed by atoms with Gasteiger partial charge >= 0.3 is 0 Å². The average molecular weight is 446 g/mol. The molecule has 0 atom stereocenters. The van der Waals surface area contributed by atoms with E-state index >= 15 is 0 Å². The van der Waals surface area contributed by atoms with Gasteiger partial charge in [-0.1, -0.05) is 33.6 Å². The first kappa shape index (κ1) is 17.8. The van der Waals surface area contributed by atoms with Crippen LogP contribution in [-0.2, 0) is 4.74 Å². The summed E-state index contributed by atoms with van der Waals surface area (Å²) in [5.41, 5.74) is 1.91. The van der Waals surface area contributed by atoms with Crippen molar-refractivity contribution in [3.63, 3.8) is 0 Å². The van der Waals surface area contributed by atoms with E-state index in [1.165, 1.54) is 0 Å². The van der Waals surface area contributed by atoms with Gasteiger partial charge in [0.25, 0.3) is 5.91 Å². The molecule has 0 unspecified atom stereocenters. The van der Waals surface area contributed by atoms with Crippen LogP contribution < -0.4 is 5.32 Å². The summed E-state index contributed by atoms with van der Waals surface area (Å²) < 4.78 is 8.03. The van der Waals surface area contributed by atoms with Gasteiger partial charge in [-0.15, -0.1) is 0 Å². The fourth-order valence-corrected chi connectivity index (χ4v) is 3.24. The van der Waals surface area contributed by atoms with Crippen LogP contribution in [0, 0.1) is 0 Å². The van der Waals surface area contributed by atoms with E-state index in [0.717, 1.165) is 10.2 Å². The summed E-state index contributed by atoms with van der Waals surface area (Å²) in [5, 5.41) is 7.97. The summed E-state index contributed by atoms with van der Waals surface area (Å²) in [4.78, 5) is 17.1. The summed E-state index contributed by atoms with van der Waals surface area (Å²) in [6, 6.07) is 14.3. The lowest BCUT2D eigenvalue weighted by Crippen LogP contribution is -2.17. The fourth-order valence-electron chi connectivity index (χ4n) is 2.71. The van der Waals surface area contributed by atoms with Gasteiger partial charge in [0.2, 0.25) is 5.90 Å². The summed E-state index contributed by atoms with van der Waals surface area (Å²) in [6.45, 7) is 1.10. The first-order chi connectivity index (χ1) is 13.1. The van der Waals surface area contributed by atoms with Gasteiger partial charge in [-0.25, -0.2) is 9.67 Å². The van der Waals surface area contributed by atoms with E-state index in [1.54, 1.807) is 41.2 Å². The predicted octanol–water partition coefficient (Wildman–Crippen LogP) is 4.32. The van der Waals surface area contributed by atoms with Gasteiger partial charge in [0, 0.05) is 15.1 Å². The number of hydrogen-bond donors (Lipinski definition) is 1. The molecule has 1 aliphatic heterocycles. The molecule has 0 fully saturated rings. The maximum absolute atomic E-state index is 12.8. The van der Waals surface area contributed by atoms with Crippen molar-refractivity contribution in [1.82, 2.24) is 9.78 Å². The summed E-state index contributed by atoms with van der Waals surface area (Å²) >= 11 is 9.37. The van der Waals surface area contributed by atoms with Crippen LogP contribution in [0.4, 0.5) is 5.82 Å². The highest BCUT2D eigenvalue weighted by Crippen LogP contribution is 2.25. The molecular formula is C19H14BrClN4O2. The SMILES string of the molecule is O=C(Nc1c(C2=NCCO2)cnn1-c1ccc(Cl)cc1)c1cccc(Br)c1. The molecule has 1 aliphatic rings. The van der Waals surface area contributed by atoms with Crippen molar-refractivity contribution in [1.29, 1.82) is 0 Å². The predicted molar refractivity (Wildman–Crippen MR) is 108 cm³/mol. The van der Waals surface area contributed by atoms with Crippen molar-refractivity contribution in [2.24, 2.45) is 4.99 Å². The number of benzene rings is 2. The molecule has 8 heteroatoms. The van der Waals surface area contributed by atoms with Crippen molar-refractivity contribution in [3.8, 4) is 5.69 Å². The lowest BCUT2D eigenvalue weighted by Gasteiger charge is -2.12. The summed E-state index contributed by atoms with van der Waals surface area (Å²) in [5.74, 6) is 0.703. The van der Waals surface area contributed by atoms with Crippen LogP contribution in [0.2, 0.25) is 5.02 Å². The molecule has 0 radical (unpaired) electrons. The third-order valence-electron chi connectivity index (χ3n) is 3.98. The Kier molecular flexibility index (Phi) is 4.96. The zero-order chi connectivity index (χ0) is 18.8. The summed E-state index contributed by atoms with van der Waals surface area (Å²) in [6.07, 6.45) is 1.63. The van der Waals surface area contributed by atoms with E-state index in [-0.39, 0.29) is 5.91 Å². The molecule has 0 saturated heterocycles. The van der Waals surface area contributed by atoms with Gasteiger partial charge in [0.05, 0.1) is 24.0 Å². The van der Waals surface area contributed by atoms with Crippen LogP contribution >= 0.6 is 27.5 Å². The normalized spacial score (nSPS) is 13.2. The fraction of sp³-hybridized carbons (Fsp3) is 0.105. The smallest absolute Gasteiger partial charge is 0.256 e. The molecule has 1 aromatic heterocycles. The van der Waals surface area contributed by atoms with E-state index in [9.17, 15) is 4.79 Å². The molecule has 3 aromatic rings. The van der Waals surface area contributed by atoms with Crippen LogP contribution in [0.5, 0.6) is 0 Å². The zero-order valence-corrected chi connectivity index (χ0v) is 16.4. The van der Waals surface area contributed by atoms with Gasteiger partial charge in [-0.3, -0.25) is 4.79 Å². The van der Waals surface area contributed by atoms with Crippen LogP contribution in [0.15, 0.2) is 64.2 Å². The lowest BCUT2D eigenvalue weighted by molar-refractivity contribution is 0.102. The molecule has 2 aromatic carbocycles. The second kappa shape index (κ2) is 7.54. The van der Waals surface area contributed by atoms with E-state index in [0.29, 0.717) is 41.0 Å². The monoisotopic (exact) mass is 444 g/mol. The maximum Gasteiger partial charge on any atom is 0.256 e. The molecule has 136 valence electrons. The van der Waals surface area contributed by atoms with Crippen LogP contribution in [-0.4, -0.2) is 34.7 Å². The largest absolute Gasteiger partial charge is 0.475 e. The number of amides is 1. The Hall–Kier alpha value is -2.64. The average Bonchev–Trinajstić information content (AvgIpc) is 3.32. The minimum Gasteiger partial charge on any atom is -0.475 e. The topological polar surface area (TPSA) is 68.5 Å². The maximum atomic E-state index is 12.8. The highest BCUT2D eigenvalue weighted by atomic mass is 79.9. The number of aromatic nitrogens is 2. The van der Waals surface area contributed by atoms with Gasteiger partial charge in [0.1, 0.15) is 12.4 Å². The van der Waals surface area contributed by atoms with Crippen molar-refractivity contribution >= 4 is 45.2 Å². The first-order valence-corrected chi connectivity index (χ1v) is 9.37.